The summed E-state index contributed by atoms with van der Waals surface area (Å²) in [4.78, 5) is 37.9. The lowest BCUT2D eigenvalue weighted by molar-refractivity contribution is -0.130. The summed E-state index contributed by atoms with van der Waals surface area (Å²) in [7, 11) is 3.53. The summed E-state index contributed by atoms with van der Waals surface area (Å²) in [5.74, 6) is 1.14. The van der Waals surface area contributed by atoms with Gasteiger partial charge in [0.25, 0.3) is 0 Å². The minimum Gasteiger partial charge on any atom is -0.494 e. The molecule has 11 nitrogen and oxygen atoms in total. The first kappa shape index (κ1) is 27.3. The van der Waals surface area contributed by atoms with E-state index in [2.05, 4.69) is 43.2 Å². The number of carbonyl (C=O) groups is 2. The number of carbonyl (C=O) groups excluding carboxylic acids is 2. The zero-order chi connectivity index (χ0) is 29.2. The second-order valence-electron chi connectivity index (χ2n) is 10.6. The van der Waals surface area contributed by atoms with Gasteiger partial charge in [-0.1, -0.05) is 18.7 Å². The van der Waals surface area contributed by atoms with E-state index in [1.807, 2.05) is 53.2 Å². The molecule has 2 aromatic carbocycles. The van der Waals surface area contributed by atoms with Crippen molar-refractivity contribution in [2.45, 2.75) is 31.7 Å². The van der Waals surface area contributed by atoms with Gasteiger partial charge in [0, 0.05) is 62.2 Å². The monoisotopic (exact) mass is 566 g/mol. The minimum absolute atomic E-state index is 0.259. The summed E-state index contributed by atoms with van der Waals surface area (Å²) in [6.45, 7) is 5.99. The minimum atomic E-state index is -0.306. The van der Waals surface area contributed by atoms with Crippen molar-refractivity contribution in [1.82, 2.24) is 24.6 Å². The Morgan fingerprint density at radius 2 is 1.93 bits per heavy atom. The number of likely N-dealkylation sites (tertiary alicyclic amines) is 1. The van der Waals surface area contributed by atoms with Crippen LogP contribution in [0.2, 0.25) is 0 Å². The lowest BCUT2D eigenvalue weighted by Gasteiger charge is -2.38. The molecular formula is C31H34N8O3. The third kappa shape index (κ3) is 5.37. The van der Waals surface area contributed by atoms with Gasteiger partial charge in [-0.2, -0.15) is 5.10 Å². The van der Waals surface area contributed by atoms with E-state index in [0.29, 0.717) is 29.4 Å². The molecule has 2 N–H and O–H groups in total. The molecule has 2 aromatic heterocycles. The number of rotatable bonds is 8. The fraction of sp³-hybridized carbons (Fsp3) is 0.323. The molecule has 6 rings (SSSR count). The molecule has 2 aliphatic rings. The Morgan fingerprint density at radius 3 is 2.67 bits per heavy atom. The van der Waals surface area contributed by atoms with E-state index in [1.54, 1.807) is 7.11 Å². The van der Waals surface area contributed by atoms with Gasteiger partial charge in [-0.3, -0.25) is 14.3 Å². The molecule has 42 heavy (non-hydrogen) atoms. The first-order valence-corrected chi connectivity index (χ1v) is 14.1. The number of piperidine rings is 1. The highest BCUT2D eigenvalue weighted by molar-refractivity contribution is 6.02. The fourth-order valence-corrected chi connectivity index (χ4v) is 5.88. The van der Waals surface area contributed by atoms with Gasteiger partial charge in [0.2, 0.25) is 11.8 Å². The van der Waals surface area contributed by atoms with Crippen LogP contribution in [0.4, 0.5) is 22.9 Å². The Balaban J connectivity index is 1.27. The van der Waals surface area contributed by atoms with Gasteiger partial charge in [-0.15, -0.1) is 0 Å². The first-order chi connectivity index (χ1) is 20.4. The standard InChI is InChI=1S/C31H34N8O3/c1-4-30(40)36-24-15-25(28(42-3)17-27(24)38-12-9-22(10-13-38)39-11-5-6-31(39)41)35-29-16-23(32-19-33-29)20-7-8-21-18-34-37(2)26(21)14-20/h4,7-8,14-19,22H,1,5-6,9-13H2,2-3H3,(H,36,40)(H,32,33,35). The van der Waals surface area contributed by atoms with E-state index < -0.39 is 0 Å². The Bertz CT molecular complexity index is 1660. The van der Waals surface area contributed by atoms with Gasteiger partial charge in [0.1, 0.15) is 17.9 Å². The number of nitrogens with one attached hydrogen (secondary N) is 2. The van der Waals surface area contributed by atoms with Gasteiger partial charge in [-0.25, -0.2) is 9.97 Å². The average Bonchev–Trinajstić information content (AvgIpc) is 3.62. The van der Waals surface area contributed by atoms with E-state index in [4.69, 9.17) is 4.74 Å². The molecule has 4 aromatic rings. The van der Waals surface area contributed by atoms with Crippen LogP contribution in [-0.4, -0.2) is 69.2 Å². The third-order valence-corrected chi connectivity index (χ3v) is 8.09. The summed E-state index contributed by atoms with van der Waals surface area (Å²) in [5.41, 5.74) is 4.84. The van der Waals surface area contributed by atoms with Gasteiger partial charge in [0.05, 0.1) is 41.6 Å². The number of methoxy groups -OCH3 is 1. The molecule has 4 heterocycles. The predicted octanol–water partition coefficient (Wildman–Crippen LogP) is 4.50. The van der Waals surface area contributed by atoms with Crippen LogP contribution in [0.25, 0.3) is 22.2 Å². The molecule has 11 heteroatoms. The van der Waals surface area contributed by atoms with Crippen molar-refractivity contribution in [3.05, 3.63) is 61.6 Å². The molecule has 2 saturated heterocycles. The molecule has 2 amide bonds. The number of anilines is 4. The van der Waals surface area contributed by atoms with Crippen molar-refractivity contribution in [3.63, 3.8) is 0 Å². The smallest absolute Gasteiger partial charge is 0.247 e. The van der Waals surface area contributed by atoms with Gasteiger partial charge >= 0.3 is 0 Å². The highest BCUT2D eigenvalue weighted by atomic mass is 16.5. The quantitative estimate of drug-likeness (QED) is 0.300. The number of hydrogen-bond acceptors (Lipinski definition) is 8. The van der Waals surface area contributed by atoms with Crippen LogP contribution in [-0.2, 0) is 16.6 Å². The third-order valence-electron chi connectivity index (χ3n) is 8.09. The van der Waals surface area contributed by atoms with E-state index in [1.165, 1.54) is 12.4 Å². The number of hydrogen-bond donors (Lipinski definition) is 2. The number of nitrogens with zero attached hydrogens (tertiary/aromatic N) is 6. The van der Waals surface area contributed by atoms with Gasteiger partial charge < -0.3 is 25.2 Å². The topological polar surface area (TPSA) is 118 Å². The van der Waals surface area contributed by atoms with E-state index in [9.17, 15) is 9.59 Å². The van der Waals surface area contributed by atoms with Crippen molar-refractivity contribution in [2.24, 2.45) is 7.05 Å². The number of ether oxygens (including phenoxy) is 1. The van der Waals surface area contributed by atoms with Gasteiger partial charge in [-0.05, 0) is 37.5 Å². The molecule has 0 aliphatic carbocycles. The molecule has 0 unspecified atom stereocenters. The van der Waals surface area contributed by atoms with E-state index in [-0.39, 0.29) is 17.9 Å². The Labute approximate surface area is 244 Å². The Hall–Kier alpha value is -4.93. The summed E-state index contributed by atoms with van der Waals surface area (Å²) in [5, 5.41) is 11.7. The molecule has 0 radical (unpaired) electrons. The van der Waals surface area contributed by atoms with Gasteiger partial charge in [0.15, 0.2) is 0 Å². The zero-order valence-corrected chi connectivity index (χ0v) is 23.8. The van der Waals surface area contributed by atoms with Crippen molar-refractivity contribution in [1.29, 1.82) is 0 Å². The van der Waals surface area contributed by atoms with E-state index in [0.717, 1.165) is 66.7 Å². The number of benzene rings is 2. The Morgan fingerprint density at radius 1 is 1.10 bits per heavy atom. The molecule has 0 bridgehead atoms. The fourth-order valence-electron chi connectivity index (χ4n) is 5.88. The lowest BCUT2D eigenvalue weighted by atomic mass is 10.0. The van der Waals surface area contributed by atoms with Crippen LogP contribution in [0.15, 0.2) is 61.6 Å². The number of fused-ring (bicyclic) bond motifs is 1. The lowest BCUT2D eigenvalue weighted by Crippen LogP contribution is -2.45. The van der Waals surface area contributed by atoms with Crippen LogP contribution < -0.4 is 20.3 Å². The van der Waals surface area contributed by atoms with E-state index >= 15 is 0 Å². The first-order valence-electron chi connectivity index (χ1n) is 14.1. The maximum absolute atomic E-state index is 12.4. The van der Waals surface area contributed by atoms with Crippen molar-refractivity contribution in [2.75, 3.05) is 42.3 Å². The van der Waals surface area contributed by atoms with Crippen LogP contribution in [0, 0.1) is 0 Å². The molecule has 0 saturated carbocycles. The SMILES string of the molecule is C=CC(=O)Nc1cc(Nc2cc(-c3ccc4cnn(C)c4c3)ncn2)c(OC)cc1N1CCC(N2CCCC2=O)CC1. The highest BCUT2D eigenvalue weighted by Gasteiger charge is 2.31. The highest BCUT2D eigenvalue weighted by Crippen LogP contribution is 2.40. The second-order valence-corrected chi connectivity index (χ2v) is 10.6. The zero-order valence-electron chi connectivity index (χ0n) is 23.8. The van der Waals surface area contributed by atoms with Crippen LogP contribution in [0.3, 0.4) is 0 Å². The number of aryl methyl sites for hydroxylation is 1. The molecule has 0 atom stereocenters. The van der Waals surface area contributed by atoms with Crippen molar-refractivity contribution < 1.29 is 14.3 Å². The second kappa shape index (κ2) is 11.5. The van der Waals surface area contributed by atoms with Crippen LogP contribution >= 0.6 is 0 Å². The van der Waals surface area contributed by atoms with Crippen LogP contribution in [0.5, 0.6) is 5.75 Å². The van der Waals surface area contributed by atoms with Crippen molar-refractivity contribution in [3.8, 4) is 17.0 Å². The van der Waals surface area contributed by atoms with Crippen molar-refractivity contribution >= 4 is 45.6 Å². The average molecular weight is 567 g/mol. The summed E-state index contributed by atoms with van der Waals surface area (Å²) < 4.78 is 7.62. The van der Waals surface area contributed by atoms with Crippen LogP contribution in [0.1, 0.15) is 25.7 Å². The summed E-state index contributed by atoms with van der Waals surface area (Å²) in [6, 6.07) is 12.0. The summed E-state index contributed by atoms with van der Waals surface area (Å²) >= 11 is 0. The number of amides is 2. The Kier molecular flexibility index (Phi) is 7.47. The molecule has 2 aliphatic heterocycles. The normalized spacial score (nSPS) is 15.7. The molecular weight excluding hydrogens is 532 g/mol. The largest absolute Gasteiger partial charge is 0.494 e. The molecule has 2 fully saturated rings. The molecule has 216 valence electrons. The maximum atomic E-state index is 12.4. The molecule has 0 spiro atoms. The predicted molar refractivity (Wildman–Crippen MR) is 163 cm³/mol. The maximum Gasteiger partial charge on any atom is 0.247 e. The summed E-state index contributed by atoms with van der Waals surface area (Å²) in [6.07, 6.45) is 7.94. The number of aromatic nitrogens is 4.